The molecule has 0 radical (unpaired) electrons. The summed E-state index contributed by atoms with van der Waals surface area (Å²) in [5, 5.41) is 121. The number of rotatable bonds is 63. The molecule has 98 heavy (non-hydrogen) atoms. The first kappa shape index (κ1) is 90.0. The molecular weight excluding hydrogens is 1250 g/mol. The second-order valence-corrected chi connectivity index (χ2v) is 28.5. The Hall–Kier alpha value is -2.25. The van der Waals surface area contributed by atoms with Crippen molar-refractivity contribution in [1.29, 1.82) is 0 Å². The van der Waals surface area contributed by atoms with Crippen molar-refractivity contribution in [3.8, 4) is 0 Å². The van der Waals surface area contributed by atoms with Crippen molar-refractivity contribution in [2.75, 3.05) is 26.4 Å². The summed E-state index contributed by atoms with van der Waals surface area (Å²) in [6.45, 7) is 1.73. The van der Waals surface area contributed by atoms with E-state index in [9.17, 15) is 61.0 Å². The Balaban J connectivity index is 1.34. The fourth-order valence-electron chi connectivity index (χ4n) is 13.4. The van der Waals surface area contributed by atoms with E-state index >= 15 is 0 Å². The number of aliphatic hydroxyl groups excluding tert-OH is 11. The van der Waals surface area contributed by atoms with Crippen LogP contribution in [0.3, 0.4) is 0 Å². The number of carbonyl (C=O) groups is 1. The molecule has 574 valence electrons. The van der Waals surface area contributed by atoms with Gasteiger partial charge in [-0.3, -0.25) is 4.79 Å². The van der Waals surface area contributed by atoms with Crippen LogP contribution in [-0.4, -0.2) is 193 Å². The molecule has 12 N–H and O–H groups in total. The smallest absolute Gasteiger partial charge is 0.220 e. The van der Waals surface area contributed by atoms with Crippen molar-refractivity contribution in [3.63, 3.8) is 0 Å². The van der Waals surface area contributed by atoms with Crippen LogP contribution in [-0.2, 0) is 33.2 Å². The molecule has 3 aliphatic rings. The number of amides is 1. The summed E-state index contributed by atoms with van der Waals surface area (Å²) >= 11 is 0. The molecule has 17 atom stereocenters. The van der Waals surface area contributed by atoms with Crippen LogP contribution in [0.2, 0.25) is 0 Å². The summed E-state index contributed by atoms with van der Waals surface area (Å²) in [6, 6.07) is -0.996. The maximum Gasteiger partial charge on any atom is 0.220 e. The normalized spacial score (nSPS) is 27.0. The highest BCUT2D eigenvalue weighted by atomic mass is 16.8. The number of ether oxygens (including phenoxy) is 6. The number of carbonyl (C=O) groups excluding carboxylic acids is 1. The molecule has 3 saturated heterocycles. The quantitative estimate of drug-likeness (QED) is 0.0199. The van der Waals surface area contributed by atoms with E-state index in [1.807, 2.05) is 6.08 Å². The molecule has 1 amide bonds. The summed E-state index contributed by atoms with van der Waals surface area (Å²) in [5.74, 6) is -0.285. The van der Waals surface area contributed by atoms with Gasteiger partial charge in [-0.25, -0.2) is 0 Å². The number of nitrogens with one attached hydrogen (secondary N) is 1. The van der Waals surface area contributed by atoms with E-state index in [-0.39, 0.29) is 18.9 Å². The highest BCUT2D eigenvalue weighted by Crippen LogP contribution is 2.33. The van der Waals surface area contributed by atoms with Gasteiger partial charge in [0.15, 0.2) is 18.9 Å². The second-order valence-electron chi connectivity index (χ2n) is 28.5. The number of aliphatic hydroxyl groups is 11. The van der Waals surface area contributed by atoms with E-state index in [2.05, 4.69) is 55.6 Å². The van der Waals surface area contributed by atoms with Gasteiger partial charge in [0, 0.05) is 6.42 Å². The minimum atomic E-state index is -1.98. The van der Waals surface area contributed by atoms with Crippen molar-refractivity contribution < 1.29 is 89.4 Å². The van der Waals surface area contributed by atoms with Crippen molar-refractivity contribution in [2.24, 2.45) is 0 Å². The molecule has 0 aromatic heterocycles. The SMILES string of the molecule is CCCCCCCCCC/C=C\CCCCCCCCCCCCCCCCCCCCCCCCCC(=O)NC(COC1OC(CO)C(OC2OC(CO)C(OC3OC(CO)C(O)C(O)C3O)C(O)C2O)C(O)C1O)C(O)/C=C/CC/C=C/CC/C=C/CCCCCCCCCC. The van der Waals surface area contributed by atoms with Gasteiger partial charge in [-0.1, -0.05) is 287 Å². The van der Waals surface area contributed by atoms with Crippen LogP contribution in [0.15, 0.2) is 48.6 Å². The zero-order valence-electron chi connectivity index (χ0n) is 61.3. The largest absolute Gasteiger partial charge is 0.394 e. The Morgan fingerprint density at radius 2 is 0.653 bits per heavy atom. The van der Waals surface area contributed by atoms with Gasteiger partial charge >= 0.3 is 0 Å². The third kappa shape index (κ3) is 40.1. The minimum Gasteiger partial charge on any atom is -0.394 e. The van der Waals surface area contributed by atoms with Crippen LogP contribution in [0.4, 0.5) is 0 Å². The fraction of sp³-hybridized carbons (Fsp3) is 0.886. The molecule has 19 nitrogen and oxygen atoms in total. The van der Waals surface area contributed by atoms with Crippen molar-refractivity contribution in [1.82, 2.24) is 5.32 Å². The Labute approximate surface area is 593 Å². The summed E-state index contributed by atoms with van der Waals surface area (Å²) < 4.78 is 34.4. The van der Waals surface area contributed by atoms with Gasteiger partial charge < -0.3 is 89.9 Å². The molecule has 17 unspecified atom stereocenters. The van der Waals surface area contributed by atoms with Gasteiger partial charge in [0.2, 0.25) is 5.91 Å². The molecule has 0 aromatic rings. The van der Waals surface area contributed by atoms with Crippen LogP contribution in [0.5, 0.6) is 0 Å². The topological polar surface area (TPSA) is 307 Å². The molecule has 0 aromatic carbocycles. The molecule has 0 bridgehead atoms. The van der Waals surface area contributed by atoms with Crippen LogP contribution in [0, 0.1) is 0 Å². The van der Waals surface area contributed by atoms with E-state index in [4.69, 9.17) is 28.4 Å². The monoisotopic (exact) mass is 1400 g/mol. The average molecular weight is 1400 g/mol. The molecule has 0 spiro atoms. The fourth-order valence-corrected chi connectivity index (χ4v) is 13.4. The van der Waals surface area contributed by atoms with Crippen LogP contribution in [0.1, 0.15) is 316 Å². The summed E-state index contributed by atoms with van der Waals surface area (Å²) in [6.07, 6.45) is 48.3. The minimum absolute atomic E-state index is 0.235. The van der Waals surface area contributed by atoms with E-state index < -0.39 is 124 Å². The zero-order valence-corrected chi connectivity index (χ0v) is 61.3. The third-order valence-corrected chi connectivity index (χ3v) is 19.8. The molecule has 3 fully saturated rings. The molecule has 19 heteroatoms. The third-order valence-electron chi connectivity index (χ3n) is 19.8. The lowest BCUT2D eigenvalue weighted by molar-refractivity contribution is -0.379. The van der Waals surface area contributed by atoms with Gasteiger partial charge in [-0.15, -0.1) is 0 Å². The summed E-state index contributed by atoms with van der Waals surface area (Å²) in [5.41, 5.74) is 0. The Morgan fingerprint density at radius 1 is 0.357 bits per heavy atom. The van der Waals surface area contributed by atoms with Crippen molar-refractivity contribution in [3.05, 3.63) is 48.6 Å². The van der Waals surface area contributed by atoms with Gasteiger partial charge in [0.1, 0.15) is 73.2 Å². The lowest BCUT2D eigenvalue weighted by atomic mass is 9.96. The molecule has 3 heterocycles. The summed E-state index contributed by atoms with van der Waals surface area (Å²) in [4.78, 5) is 13.4. The van der Waals surface area contributed by atoms with Gasteiger partial charge in [0.25, 0.3) is 0 Å². The predicted octanol–water partition coefficient (Wildman–Crippen LogP) is 12.9. The van der Waals surface area contributed by atoms with E-state index in [1.165, 1.54) is 238 Å². The first-order valence-electron chi connectivity index (χ1n) is 39.9. The number of hydrogen-bond acceptors (Lipinski definition) is 18. The highest BCUT2D eigenvalue weighted by molar-refractivity contribution is 5.76. The van der Waals surface area contributed by atoms with Gasteiger partial charge in [0.05, 0.1) is 38.6 Å². The van der Waals surface area contributed by atoms with E-state index in [1.54, 1.807) is 6.08 Å². The van der Waals surface area contributed by atoms with E-state index in [0.29, 0.717) is 12.8 Å². The maximum absolute atomic E-state index is 13.4. The standard InChI is InChI=1S/C79H145NO18/c1-3-5-7-9-11-13-15-17-19-21-23-24-25-26-27-28-29-30-31-32-33-34-35-36-37-38-39-41-43-45-47-49-51-53-55-57-67(85)80-62(63(84)56-54-52-50-48-46-44-42-40-22-20-18-16-14-12-10-8-6-4-2)61-93-77-73(91)70(88)75(65(59-82)95-77)98-79-74(92)71(89)76(66(60-83)96-79)97-78-72(90)69(87)68(86)64(58-81)94-78/h21-23,40,46,48,54,56,62-66,68-79,81-84,86-92H,3-20,24-39,41-45,47,49-53,55,57-61H2,1-2H3,(H,80,85)/b23-21-,40-22+,48-46+,56-54+. The van der Waals surface area contributed by atoms with Crippen LogP contribution >= 0.6 is 0 Å². The number of unbranched alkanes of at least 4 members (excludes halogenated alkanes) is 41. The van der Waals surface area contributed by atoms with Gasteiger partial charge in [-0.2, -0.15) is 0 Å². The lowest BCUT2D eigenvalue weighted by Crippen LogP contribution is -2.66. The Kier molecular flexibility index (Phi) is 55.1. The first-order valence-corrected chi connectivity index (χ1v) is 39.9. The molecule has 3 aliphatic heterocycles. The number of hydrogen-bond donors (Lipinski definition) is 12. The van der Waals surface area contributed by atoms with Gasteiger partial charge in [-0.05, 0) is 70.6 Å². The van der Waals surface area contributed by atoms with E-state index in [0.717, 1.165) is 44.9 Å². The summed E-state index contributed by atoms with van der Waals surface area (Å²) in [7, 11) is 0. The molecule has 0 aliphatic carbocycles. The van der Waals surface area contributed by atoms with Crippen LogP contribution < -0.4 is 5.32 Å². The maximum atomic E-state index is 13.4. The Morgan fingerprint density at radius 3 is 1.02 bits per heavy atom. The lowest BCUT2D eigenvalue weighted by Gasteiger charge is -2.48. The number of allylic oxidation sites excluding steroid dienone is 7. The zero-order chi connectivity index (χ0) is 71.1. The average Bonchev–Trinajstić information content (AvgIpc) is 0.785. The molecular formula is C79H145NO18. The second kappa shape index (κ2) is 60.1. The molecule has 0 saturated carbocycles. The van der Waals surface area contributed by atoms with Crippen LogP contribution in [0.25, 0.3) is 0 Å². The first-order chi connectivity index (χ1) is 47.8. The Bertz CT molecular complexity index is 1960. The highest BCUT2D eigenvalue weighted by Gasteiger charge is 2.54. The predicted molar refractivity (Wildman–Crippen MR) is 388 cm³/mol. The van der Waals surface area contributed by atoms with Crippen molar-refractivity contribution >= 4 is 5.91 Å². The molecule has 3 rings (SSSR count). The van der Waals surface area contributed by atoms with Crippen molar-refractivity contribution in [2.45, 2.75) is 420 Å².